The number of aromatic nitrogens is 2. The zero-order valence-electron chi connectivity index (χ0n) is 19.4. The molecular weight excluding hydrogens is 369 g/mol. The van der Waals surface area contributed by atoms with Gasteiger partial charge in [-0.05, 0) is 67.5 Å². The van der Waals surface area contributed by atoms with E-state index in [1.807, 2.05) is 27.0 Å². The Labute approximate surface area is 176 Å². The molecule has 3 rings (SSSR count). The quantitative estimate of drug-likeness (QED) is 0.614. The number of carbonyl (C=O) groups excluding carboxylic acids is 1. The van der Waals surface area contributed by atoms with Crippen LogP contribution in [0.15, 0.2) is 6.20 Å². The highest BCUT2D eigenvalue weighted by molar-refractivity contribution is 6.62. The second-order valence-corrected chi connectivity index (χ2v) is 10.1. The lowest BCUT2D eigenvalue weighted by Gasteiger charge is -2.47. The molecule has 1 aromatic rings. The average Bonchev–Trinajstić information content (AvgIpc) is 2.99. The van der Waals surface area contributed by atoms with Crippen molar-refractivity contribution < 1.29 is 18.8 Å². The van der Waals surface area contributed by atoms with Gasteiger partial charge in [0.15, 0.2) is 0 Å². The molecule has 0 radical (unpaired) electrons. The first-order chi connectivity index (χ1) is 13.4. The molecule has 7 nitrogen and oxygen atoms in total. The van der Waals surface area contributed by atoms with Crippen molar-refractivity contribution in [1.82, 2.24) is 15.1 Å². The number of piperidine rings is 1. The van der Waals surface area contributed by atoms with Gasteiger partial charge in [-0.2, -0.15) is 5.10 Å². The lowest BCUT2D eigenvalue weighted by molar-refractivity contribution is -0.138. The van der Waals surface area contributed by atoms with Crippen LogP contribution in [0.25, 0.3) is 0 Å². The fourth-order valence-corrected chi connectivity index (χ4v) is 3.30. The van der Waals surface area contributed by atoms with E-state index in [4.69, 9.17) is 9.31 Å². The zero-order chi connectivity index (χ0) is 21.9. The maximum Gasteiger partial charge on any atom is 0.497 e. The van der Waals surface area contributed by atoms with Crippen LogP contribution < -0.4 is 10.8 Å². The number of carbonyl (C=O) groups is 1. The predicted octanol–water partition coefficient (Wildman–Crippen LogP) is 2.62. The summed E-state index contributed by atoms with van der Waals surface area (Å²) in [6, 6.07) is 0.489. The fourth-order valence-electron chi connectivity index (χ4n) is 3.30. The van der Waals surface area contributed by atoms with E-state index in [-0.39, 0.29) is 23.7 Å². The highest BCUT2D eigenvalue weighted by Crippen LogP contribution is 2.38. The van der Waals surface area contributed by atoms with Crippen molar-refractivity contribution in [3.05, 3.63) is 11.9 Å². The van der Waals surface area contributed by atoms with Gasteiger partial charge in [0, 0.05) is 29.4 Å². The first-order valence-corrected chi connectivity index (χ1v) is 10.5. The molecule has 8 heteroatoms. The average molecular weight is 407 g/mol. The van der Waals surface area contributed by atoms with E-state index in [0.29, 0.717) is 19.1 Å². The van der Waals surface area contributed by atoms with Crippen molar-refractivity contribution in [2.75, 3.05) is 19.7 Å². The topological polar surface area (TPSA) is 74.6 Å². The largest absolute Gasteiger partial charge is 0.497 e. The summed E-state index contributed by atoms with van der Waals surface area (Å²) in [6.07, 6.45) is 4.19. The molecule has 2 fully saturated rings. The van der Waals surface area contributed by atoms with Crippen LogP contribution in [0.4, 0.5) is 0 Å². The minimum absolute atomic E-state index is 0.00242. The first-order valence-electron chi connectivity index (χ1n) is 10.5. The summed E-state index contributed by atoms with van der Waals surface area (Å²) in [4.78, 5) is 9.60. The maximum absolute atomic E-state index is 9.60. The number of nitrogens with zero attached hydrogens (tertiary/aromatic N) is 2. The van der Waals surface area contributed by atoms with Gasteiger partial charge >= 0.3 is 7.12 Å². The summed E-state index contributed by atoms with van der Waals surface area (Å²) < 4.78 is 19.0. The molecule has 0 aliphatic carbocycles. The number of ether oxygens (including phenoxy) is 1. The standard InChI is InChI=1S/C16H28BN3O2.C5H10O2/c1-12-14(10-19-20(12)13-6-8-18-9-7-13)17-21-11-15(2,3)16(4,5)22-17;1-5(2,3)7-4-6/h10,13,18H,6-9,11H2,1-5H3;4H,1-3H3. The van der Waals surface area contributed by atoms with Crippen LogP contribution in [-0.2, 0) is 18.8 Å². The minimum Gasteiger partial charge on any atom is -0.462 e. The Balaban J connectivity index is 0.000000370. The normalized spacial score (nSPS) is 21.9. The third-order valence-corrected chi connectivity index (χ3v) is 6.02. The van der Waals surface area contributed by atoms with Crippen LogP contribution in [0.2, 0.25) is 0 Å². The second-order valence-electron chi connectivity index (χ2n) is 10.1. The molecule has 1 N–H and O–H groups in total. The summed E-state index contributed by atoms with van der Waals surface area (Å²) in [7, 11) is -0.307. The van der Waals surface area contributed by atoms with Crippen molar-refractivity contribution in [3.63, 3.8) is 0 Å². The lowest BCUT2D eigenvalue weighted by Crippen LogP contribution is -2.58. The minimum atomic E-state index is -0.318. The molecule has 0 aromatic carbocycles. The van der Waals surface area contributed by atoms with Crippen LogP contribution in [0.1, 0.15) is 73.0 Å². The van der Waals surface area contributed by atoms with Crippen molar-refractivity contribution in [2.24, 2.45) is 5.41 Å². The monoisotopic (exact) mass is 407 g/mol. The van der Waals surface area contributed by atoms with Gasteiger partial charge < -0.3 is 19.4 Å². The van der Waals surface area contributed by atoms with Gasteiger partial charge in [0.2, 0.25) is 0 Å². The van der Waals surface area contributed by atoms with Crippen molar-refractivity contribution in [1.29, 1.82) is 0 Å². The van der Waals surface area contributed by atoms with E-state index in [2.05, 4.69) is 54.5 Å². The van der Waals surface area contributed by atoms with Gasteiger partial charge in [0.1, 0.15) is 5.60 Å². The Kier molecular flexibility index (Phi) is 7.57. The number of hydrogen-bond donors (Lipinski definition) is 1. The molecular formula is C21H38BN3O4. The van der Waals surface area contributed by atoms with Crippen molar-refractivity contribution in [3.8, 4) is 0 Å². The zero-order valence-corrected chi connectivity index (χ0v) is 19.4. The summed E-state index contributed by atoms with van der Waals surface area (Å²) in [5.74, 6) is 0. The van der Waals surface area contributed by atoms with Crippen molar-refractivity contribution in [2.45, 2.75) is 85.5 Å². The van der Waals surface area contributed by atoms with E-state index in [0.717, 1.165) is 31.4 Å². The number of hydrogen-bond acceptors (Lipinski definition) is 6. The number of nitrogens with one attached hydrogen (secondary N) is 1. The highest BCUT2D eigenvalue weighted by Gasteiger charge is 2.47. The predicted molar refractivity (Wildman–Crippen MR) is 115 cm³/mol. The molecule has 0 bridgehead atoms. The molecule has 0 unspecified atom stereocenters. The molecule has 0 spiro atoms. The van der Waals surface area contributed by atoms with Gasteiger partial charge in [-0.1, -0.05) is 13.8 Å². The van der Waals surface area contributed by atoms with E-state index in [1.165, 1.54) is 5.69 Å². The number of rotatable bonds is 3. The summed E-state index contributed by atoms with van der Waals surface area (Å²) in [5.41, 5.74) is 1.71. The molecule has 1 aromatic heterocycles. The Hall–Kier alpha value is -1.38. The molecule has 2 aliphatic heterocycles. The first kappa shape index (κ1) is 23.9. The van der Waals surface area contributed by atoms with E-state index < -0.39 is 0 Å². The summed E-state index contributed by atoms with van der Waals surface area (Å²) >= 11 is 0. The van der Waals surface area contributed by atoms with Crippen LogP contribution in [0, 0.1) is 12.3 Å². The van der Waals surface area contributed by atoms with Crippen LogP contribution in [-0.4, -0.2) is 54.3 Å². The SMILES string of the molecule is CC(C)(C)OC=O.Cc1c(B2OCC(C)(C)C(C)(C)O2)cnn1C1CCNCC1. The summed E-state index contributed by atoms with van der Waals surface area (Å²) in [6.45, 7) is 19.6. The maximum atomic E-state index is 9.60. The molecule has 29 heavy (non-hydrogen) atoms. The van der Waals surface area contributed by atoms with Gasteiger partial charge in [-0.25, -0.2) is 0 Å². The summed E-state index contributed by atoms with van der Waals surface area (Å²) in [5, 5.41) is 8.03. The molecule has 0 saturated carbocycles. The third kappa shape index (κ3) is 6.06. The van der Waals surface area contributed by atoms with Crippen molar-refractivity contribution >= 4 is 19.1 Å². The third-order valence-electron chi connectivity index (χ3n) is 6.02. The Morgan fingerprint density at radius 3 is 2.38 bits per heavy atom. The van der Waals surface area contributed by atoms with E-state index in [1.54, 1.807) is 0 Å². The van der Waals surface area contributed by atoms with Crippen LogP contribution >= 0.6 is 0 Å². The second kappa shape index (κ2) is 9.19. The Morgan fingerprint density at radius 1 is 1.28 bits per heavy atom. The Bertz CT molecular complexity index is 676. The molecule has 3 heterocycles. The lowest BCUT2D eigenvalue weighted by atomic mass is 9.69. The van der Waals surface area contributed by atoms with Gasteiger partial charge in [-0.15, -0.1) is 0 Å². The van der Waals surface area contributed by atoms with E-state index in [9.17, 15) is 4.79 Å². The van der Waals surface area contributed by atoms with Crippen LogP contribution in [0.5, 0.6) is 0 Å². The van der Waals surface area contributed by atoms with Gasteiger partial charge in [0.25, 0.3) is 6.47 Å². The molecule has 0 amide bonds. The Morgan fingerprint density at radius 2 is 1.90 bits per heavy atom. The molecule has 0 atom stereocenters. The van der Waals surface area contributed by atoms with Crippen LogP contribution in [0.3, 0.4) is 0 Å². The van der Waals surface area contributed by atoms with E-state index >= 15 is 0 Å². The molecule has 164 valence electrons. The smallest absolute Gasteiger partial charge is 0.462 e. The van der Waals surface area contributed by atoms with Gasteiger partial charge in [0.05, 0.1) is 11.6 Å². The molecule has 2 aliphatic rings. The fraction of sp³-hybridized carbons (Fsp3) is 0.810. The molecule has 2 saturated heterocycles. The van der Waals surface area contributed by atoms with Gasteiger partial charge in [-0.3, -0.25) is 9.48 Å². The highest BCUT2D eigenvalue weighted by atomic mass is 16.6.